The maximum absolute atomic E-state index is 10.7. The minimum Gasteiger partial charge on any atom is -0.369 e. The molecule has 0 spiro atoms. The van der Waals surface area contributed by atoms with Crippen molar-refractivity contribution in [3.05, 3.63) is 46.7 Å². The van der Waals surface area contributed by atoms with Crippen LogP contribution in [0.1, 0.15) is 5.56 Å². The molecule has 0 saturated heterocycles. The quantitative estimate of drug-likeness (QED) is 0.843. The van der Waals surface area contributed by atoms with Gasteiger partial charge >= 0.3 is 0 Å². The summed E-state index contributed by atoms with van der Waals surface area (Å²) in [6.45, 7) is 0. The molecular formula is C12H11NOS. The molecule has 1 aromatic carbocycles. The molecule has 0 atom stereocenters. The molecule has 2 aromatic rings. The van der Waals surface area contributed by atoms with Crippen LogP contribution in [-0.4, -0.2) is 5.91 Å². The average molecular weight is 217 g/mol. The highest BCUT2D eigenvalue weighted by molar-refractivity contribution is 7.08. The molecule has 0 aliphatic rings. The summed E-state index contributed by atoms with van der Waals surface area (Å²) in [6, 6.07) is 9.99. The smallest absolute Gasteiger partial charge is 0.221 e. The summed E-state index contributed by atoms with van der Waals surface area (Å²) in [7, 11) is 0. The Morgan fingerprint density at radius 3 is 2.40 bits per heavy atom. The number of benzene rings is 1. The van der Waals surface area contributed by atoms with Crippen LogP contribution in [0, 0.1) is 0 Å². The summed E-state index contributed by atoms with van der Waals surface area (Å²) < 4.78 is 0. The molecule has 0 saturated carbocycles. The Morgan fingerprint density at radius 1 is 1.13 bits per heavy atom. The summed E-state index contributed by atoms with van der Waals surface area (Å²) in [5, 5.41) is 4.15. The molecule has 0 fully saturated rings. The molecule has 0 aliphatic carbocycles. The number of rotatable bonds is 3. The lowest BCUT2D eigenvalue weighted by molar-refractivity contribution is -0.117. The van der Waals surface area contributed by atoms with Crippen LogP contribution in [0.4, 0.5) is 0 Å². The molecule has 2 rings (SSSR count). The lowest BCUT2D eigenvalue weighted by atomic mass is 10.1. The van der Waals surface area contributed by atoms with Gasteiger partial charge in [-0.25, -0.2) is 0 Å². The molecule has 76 valence electrons. The molecule has 1 aromatic heterocycles. The third-order valence-corrected chi connectivity index (χ3v) is 2.87. The second kappa shape index (κ2) is 4.28. The van der Waals surface area contributed by atoms with Crippen molar-refractivity contribution >= 4 is 17.2 Å². The summed E-state index contributed by atoms with van der Waals surface area (Å²) in [6.07, 6.45) is 0.309. The topological polar surface area (TPSA) is 43.1 Å². The van der Waals surface area contributed by atoms with E-state index >= 15 is 0 Å². The fourth-order valence-corrected chi connectivity index (χ4v) is 2.11. The molecule has 2 nitrogen and oxygen atoms in total. The van der Waals surface area contributed by atoms with Gasteiger partial charge in [0, 0.05) is 0 Å². The van der Waals surface area contributed by atoms with E-state index in [9.17, 15) is 4.79 Å². The van der Waals surface area contributed by atoms with Crippen LogP contribution >= 0.6 is 11.3 Å². The minimum absolute atomic E-state index is 0.293. The number of thiophene rings is 1. The third kappa shape index (κ3) is 2.44. The maximum atomic E-state index is 10.7. The Hall–Kier alpha value is -1.61. The van der Waals surface area contributed by atoms with Crippen molar-refractivity contribution in [3.63, 3.8) is 0 Å². The first-order valence-electron chi connectivity index (χ1n) is 4.65. The van der Waals surface area contributed by atoms with E-state index in [1.807, 2.05) is 29.6 Å². The normalized spacial score (nSPS) is 10.1. The number of hydrogen-bond acceptors (Lipinski definition) is 2. The van der Waals surface area contributed by atoms with Crippen LogP contribution < -0.4 is 5.73 Å². The summed E-state index contributed by atoms with van der Waals surface area (Å²) in [5.41, 5.74) is 8.46. The molecule has 0 radical (unpaired) electrons. The van der Waals surface area contributed by atoms with Gasteiger partial charge in [0.05, 0.1) is 6.42 Å². The second-order valence-corrected chi connectivity index (χ2v) is 4.13. The Kier molecular flexibility index (Phi) is 2.83. The van der Waals surface area contributed by atoms with Gasteiger partial charge < -0.3 is 5.73 Å². The van der Waals surface area contributed by atoms with Gasteiger partial charge in [0.15, 0.2) is 0 Å². The standard InChI is InChI=1S/C12H11NOS/c13-12(14)7-9-1-3-10(4-2-9)11-5-6-15-8-11/h1-6,8H,7H2,(H2,13,14). The number of hydrogen-bond donors (Lipinski definition) is 1. The number of carbonyl (C=O) groups excluding carboxylic acids is 1. The van der Waals surface area contributed by atoms with Crippen molar-refractivity contribution in [2.24, 2.45) is 5.73 Å². The Balaban J connectivity index is 2.21. The van der Waals surface area contributed by atoms with Crippen LogP contribution in [0.25, 0.3) is 11.1 Å². The van der Waals surface area contributed by atoms with E-state index in [4.69, 9.17) is 5.73 Å². The van der Waals surface area contributed by atoms with Crippen molar-refractivity contribution in [2.75, 3.05) is 0 Å². The lowest BCUT2D eigenvalue weighted by Crippen LogP contribution is -2.13. The van der Waals surface area contributed by atoms with Crippen LogP contribution in [0.2, 0.25) is 0 Å². The van der Waals surface area contributed by atoms with Crippen LogP contribution in [0.5, 0.6) is 0 Å². The van der Waals surface area contributed by atoms with Gasteiger partial charge in [0.25, 0.3) is 0 Å². The summed E-state index contributed by atoms with van der Waals surface area (Å²) in [5.74, 6) is -0.293. The number of nitrogens with two attached hydrogens (primary N) is 1. The Bertz CT molecular complexity index is 445. The SMILES string of the molecule is NC(=O)Cc1ccc(-c2ccsc2)cc1. The van der Waals surface area contributed by atoms with Crippen molar-refractivity contribution in [3.8, 4) is 11.1 Å². The number of amides is 1. The zero-order valence-corrected chi connectivity index (χ0v) is 8.96. The molecular weight excluding hydrogens is 206 g/mol. The van der Waals surface area contributed by atoms with Gasteiger partial charge in [-0.1, -0.05) is 24.3 Å². The molecule has 2 N–H and O–H groups in total. The maximum Gasteiger partial charge on any atom is 0.221 e. The van der Waals surface area contributed by atoms with Crippen molar-refractivity contribution < 1.29 is 4.79 Å². The molecule has 1 amide bonds. The van der Waals surface area contributed by atoms with Crippen LogP contribution in [0.15, 0.2) is 41.1 Å². The lowest BCUT2D eigenvalue weighted by Gasteiger charge is -2.00. The van der Waals surface area contributed by atoms with E-state index in [0.717, 1.165) is 5.56 Å². The van der Waals surface area contributed by atoms with Gasteiger partial charge in [0.1, 0.15) is 0 Å². The summed E-state index contributed by atoms with van der Waals surface area (Å²) in [4.78, 5) is 10.7. The van der Waals surface area contributed by atoms with Crippen LogP contribution in [0.3, 0.4) is 0 Å². The fourth-order valence-electron chi connectivity index (χ4n) is 1.44. The Labute approximate surface area is 92.4 Å². The fraction of sp³-hybridized carbons (Fsp3) is 0.0833. The largest absolute Gasteiger partial charge is 0.369 e. The molecule has 1 heterocycles. The van der Waals surface area contributed by atoms with Crippen molar-refractivity contribution in [1.82, 2.24) is 0 Å². The van der Waals surface area contributed by atoms with E-state index in [1.54, 1.807) is 11.3 Å². The predicted octanol–water partition coefficient (Wildman–Crippen LogP) is 2.44. The number of primary amides is 1. The first-order valence-corrected chi connectivity index (χ1v) is 5.60. The van der Waals surface area contributed by atoms with E-state index in [-0.39, 0.29) is 5.91 Å². The van der Waals surface area contributed by atoms with Gasteiger partial charge in [-0.2, -0.15) is 11.3 Å². The molecule has 15 heavy (non-hydrogen) atoms. The third-order valence-electron chi connectivity index (χ3n) is 2.19. The van der Waals surface area contributed by atoms with Gasteiger partial charge in [-0.15, -0.1) is 0 Å². The van der Waals surface area contributed by atoms with Gasteiger partial charge in [-0.3, -0.25) is 4.79 Å². The van der Waals surface area contributed by atoms with Gasteiger partial charge in [-0.05, 0) is 33.5 Å². The molecule has 0 aliphatic heterocycles. The second-order valence-electron chi connectivity index (χ2n) is 3.35. The first kappa shape index (κ1) is 9.93. The first-order chi connectivity index (χ1) is 7.25. The zero-order chi connectivity index (χ0) is 10.7. The average Bonchev–Trinajstić information content (AvgIpc) is 2.71. The molecule has 0 bridgehead atoms. The van der Waals surface area contributed by atoms with Crippen LogP contribution in [-0.2, 0) is 11.2 Å². The van der Waals surface area contributed by atoms with E-state index < -0.39 is 0 Å². The minimum atomic E-state index is -0.293. The highest BCUT2D eigenvalue weighted by Crippen LogP contribution is 2.22. The van der Waals surface area contributed by atoms with E-state index in [2.05, 4.69) is 11.4 Å². The van der Waals surface area contributed by atoms with Crippen molar-refractivity contribution in [2.45, 2.75) is 6.42 Å². The van der Waals surface area contributed by atoms with Crippen molar-refractivity contribution in [1.29, 1.82) is 0 Å². The predicted molar refractivity (Wildman–Crippen MR) is 62.7 cm³/mol. The number of carbonyl (C=O) groups is 1. The molecule has 3 heteroatoms. The molecule has 0 unspecified atom stereocenters. The highest BCUT2D eigenvalue weighted by Gasteiger charge is 2.00. The highest BCUT2D eigenvalue weighted by atomic mass is 32.1. The summed E-state index contributed by atoms with van der Waals surface area (Å²) >= 11 is 1.68. The van der Waals surface area contributed by atoms with Gasteiger partial charge in [0.2, 0.25) is 5.91 Å². The Morgan fingerprint density at radius 2 is 1.87 bits per heavy atom. The zero-order valence-electron chi connectivity index (χ0n) is 8.14. The monoisotopic (exact) mass is 217 g/mol. The van der Waals surface area contributed by atoms with E-state index in [0.29, 0.717) is 6.42 Å². The van der Waals surface area contributed by atoms with E-state index in [1.165, 1.54) is 11.1 Å².